The number of carbonyl (C=O) groups excluding carboxylic acids is 1. The number of morpholine rings is 1. The molecule has 1 atom stereocenters. The van der Waals surface area contributed by atoms with Crippen LogP contribution in [0.3, 0.4) is 0 Å². The molecule has 0 bridgehead atoms. The molecule has 0 radical (unpaired) electrons. The van der Waals surface area contributed by atoms with Crippen LogP contribution in [0, 0.1) is 6.92 Å². The highest BCUT2D eigenvalue weighted by Gasteiger charge is 2.26. The molecule has 1 aliphatic rings. The van der Waals surface area contributed by atoms with Gasteiger partial charge in [-0.15, -0.1) is 0 Å². The van der Waals surface area contributed by atoms with Gasteiger partial charge in [-0.25, -0.2) is 18.4 Å². The molecule has 0 saturated carbocycles. The molecule has 178 valence electrons. The molecule has 1 fully saturated rings. The average molecular weight is 499 g/mol. The lowest BCUT2D eigenvalue weighted by molar-refractivity contribution is -0.115. The fraction of sp³-hybridized carbons (Fsp3) is 0.292. The van der Waals surface area contributed by atoms with Crippen molar-refractivity contribution in [1.82, 2.24) is 14.3 Å². The zero-order valence-electron chi connectivity index (χ0n) is 19.0. The Morgan fingerprint density at radius 1 is 1.06 bits per heavy atom. The van der Waals surface area contributed by atoms with E-state index in [4.69, 9.17) is 4.74 Å². The highest BCUT2D eigenvalue weighted by atomic mass is 32.2. The quantitative estimate of drug-likeness (QED) is 0.392. The number of hydrogen-bond donors (Lipinski definition) is 1. The second-order valence-corrected chi connectivity index (χ2v) is 11.1. The van der Waals surface area contributed by atoms with Crippen LogP contribution in [0.25, 0.3) is 11.3 Å². The molecule has 2 heterocycles. The summed E-state index contributed by atoms with van der Waals surface area (Å²) in [6.07, 6.45) is 0. The van der Waals surface area contributed by atoms with E-state index in [1.54, 1.807) is 19.1 Å². The summed E-state index contributed by atoms with van der Waals surface area (Å²) in [5, 5.41) is 2.90. The lowest BCUT2D eigenvalue weighted by Gasteiger charge is -2.26. The Labute approximate surface area is 203 Å². The van der Waals surface area contributed by atoms with E-state index in [1.807, 2.05) is 43.3 Å². The van der Waals surface area contributed by atoms with E-state index in [-0.39, 0.29) is 10.8 Å². The number of aromatic nitrogens is 2. The highest BCUT2D eigenvalue weighted by molar-refractivity contribution is 8.00. The highest BCUT2D eigenvalue weighted by Crippen LogP contribution is 2.26. The minimum Gasteiger partial charge on any atom is -0.379 e. The lowest BCUT2D eigenvalue weighted by Crippen LogP contribution is -2.40. The SMILES string of the molecule is Cc1cc(-c2ccccc2)nc(SC(C)C(=O)Nc2ccc(S(=O)(=O)N3CCOCC3)cc2)n1. The number of benzene rings is 2. The number of nitrogens with zero attached hydrogens (tertiary/aromatic N) is 3. The summed E-state index contributed by atoms with van der Waals surface area (Å²) in [4.78, 5) is 22.0. The van der Waals surface area contributed by atoms with Crippen LogP contribution in [0.5, 0.6) is 0 Å². The van der Waals surface area contributed by atoms with Crippen LogP contribution < -0.4 is 5.32 Å². The average Bonchev–Trinajstić information content (AvgIpc) is 2.85. The van der Waals surface area contributed by atoms with Gasteiger partial charge in [-0.3, -0.25) is 4.79 Å². The molecular weight excluding hydrogens is 472 g/mol. The number of anilines is 1. The normalized spacial score (nSPS) is 15.6. The number of ether oxygens (including phenoxy) is 1. The van der Waals surface area contributed by atoms with Crippen LogP contribution in [-0.2, 0) is 19.6 Å². The van der Waals surface area contributed by atoms with Crippen LogP contribution in [0.1, 0.15) is 12.6 Å². The number of hydrogen-bond acceptors (Lipinski definition) is 7. The van der Waals surface area contributed by atoms with E-state index in [1.165, 1.54) is 28.2 Å². The monoisotopic (exact) mass is 498 g/mol. The van der Waals surface area contributed by atoms with E-state index in [0.29, 0.717) is 37.1 Å². The number of amides is 1. The molecular formula is C24H26N4O4S2. The lowest BCUT2D eigenvalue weighted by atomic mass is 10.1. The Morgan fingerprint density at radius 2 is 1.74 bits per heavy atom. The fourth-order valence-corrected chi connectivity index (χ4v) is 5.69. The van der Waals surface area contributed by atoms with Crippen LogP contribution >= 0.6 is 11.8 Å². The third-order valence-electron chi connectivity index (χ3n) is 5.28. The summed E-state index contributed by atoms with van der Waals surface area (Å²) in [6.45, 7) is 5.13. The first-order valence-electron chi connectivity index (χ1n) is 10.9. The molecule has 1 saturated heterocycles. The standard InChI is InChI=1S/C24H26N4O4S2/c1-17-16-22(19-6-4-3-5-7-19)27-24(25-17)33-18(2)23(29)26-20-8-10-21(11-9-20)34(30,31)28-12-14-32-15-13-28/h3-11,16,18H,12-15H2,1-2H3,(H,26,29). The first-order valence-corrected chi connectivity index (χ1v) is 13.2. The Balaban J connectivity index is 1.41. The van der Waals surface area contributed by atoms with Crippen LogP contribution in [0.15, 0.2) is 70.7 Å². The molecule has 34 heavy (non-hydrogen) atoms. The smallest absolute Gasteiger partial charge is 0.243 e. The van der Waals surface area contributed by atoms with Gasteiger partial charge in [0, 0.05) is 30.0 Å². The number of nitrogens with one attached hydrogen (secondary N) is 1. The van der Waals surface area contributed by atoms with E-state index in [9.17, 15) is 13.2 Å². The molecule has 1 amide bonds. The van der Waals surface area contributed by atoms with Gasteiger partial charge in [-0.2, -0.15) is 4.31 Å². The van der Waals surface area contributed by atoms with Crippen molar-refractivity contribution in [3.63, 3.8) is 0 Å². The predicted molar refractivity (Wildman–Crippen MR) is 132 cm³/mol. The molecule has 4 rings (SSSR count). The van der Waals surface area contributed by atoms with Crippen molar-refractivity contribution in [2.45, 2.75) is 29.1 Å². The molecule has 1 unspecified atom stereocenters. The molecule has 3 aromatic rings. The number of carbonyl (C=O) groups is 1. The first kappa shape index (κ1) is 24.3. The zero-order chi connectivity index (χ0) is 24.1. The largest absolute Gasteiger partial charge is 0.379 e. The van der Waals surface area contributed by atoms with Gasteiger partial charge in [0.2, 0.25) is 15.9 Å². The second-order valence-electron chi connectivity index (χ2n) is 7.83. The first-order chi connectivity index (χ1) is 16.3. The van der Waals surface area contributed by atoms with Crippen LogP contribution in [-0.4, -0.2) is 60.2 Å². The Bertz CT molecular complexity index is 1250. The molecule has 1 N–H and O–H groups in total. The summed E-state index contributed by atoms with van der Waals surface area (Å²) in [5.74, 6) is -0.222. The maximum atomic E-state index is 12.8. The van der Waals surface area contributed by atoms with E-state index < -0.39 is 15.3 Å². The third kappa shape index (κ3) is 5.82. The summed E-state index contributed by atoms with van der Waals surface area (Å²) in [6, 6.07) is 17.9. The van der Waals surface area contributed by atoms with E-state index in [0.717, 1.165) is 17.0 Å². The van der Waals surface area contributed by atoms with Crippen molar-refractivity contribution < 1.29 is 17.9 Å². The summed E-state index contributed by atoms with van der Waals surface area (Å²) < 4.78 is 32.2. The molecule has 1 aliphatic heterocycles. The van der Waals surface area contributed by atoms with Crippen LogP contribution in [0.2, 0.25) is 0 Å². The maximum Gasteiger partial charge on any atom is 0.243 e. The summed E-state index contributed by atoms with van der Waals surface area (Å²) >= 11 is 1.27. The molecule has 10 heteroatoms. The molecule has 0 spiro atoms. The van der Waals surface area contributed by atoms with Crippen molar-refractivity contribution in [2.24, 2.45) is 0 Å². The molecule has 2 aromatic carbocycles. The number of rotatable bonds is 7. The molecule has 8 nitrogen and oxygen atoms in total. The number of aryl methyl sites for hydroxylation is 1. The second kappa shape index (κ2) is 10.6. The van der Waals surface area contributed by atoms with Crippen molar-refractivity contribution >= 4 is 33.4 Å². The van der Waals surface area contributed by atoms with Crippen molar-refractivity contribution in [3.05, 3.63) is 66.4 Å². The summed E-state index contributed by atoms with van der Waals surface area (Å²) in [5.41, 5.74) is 3.13. The van der Waals surface area contributed by atoms with Gasteiger partial charge < -0.3 is 10.1 Å². The Morgan fingerprint density at radius 3 is 2.41 bits per heavy atom. The Kier molecular flexibility index (Phi) is 7.62. The van der Waals surface area contributed by atoms with Crippen molar-refractivity contribution in [2.75, 3.05) is 31.6 Å². The van der Waals surface area contributed by atoms with E-state index >= 15 is 0 Å². The number of thioether (sulfide) groups is 1. The van der Waals surface area contributed by atoms with E-state index in [2.05, 4.69) is 15.3 Å². The van der Waals surface area contributed by atoms with Gasteiger partial charge >= 0.3 is 0 Å². The van der Waals surface area contributed by atoms with Crippen LogP contribution in [0.4, 0.5) is 5.69 Å². The van der Waals surface area contributed by atoms with Gasteiger partial charge in [0.25, 0.3) is 0 Å². The Hall–Kier alpha value is -2.79. The zero-order valence-corrected chi connectivity index (χ0v) is 20.6. The van der Waals surface area contributed by atoms with Gasteiger partial charge in [-0.05, 0) is 44.2 Å². The van der Waals surface area contributed by atoms with Gasteiger partial charge in [0.05, 0.1) is 29.1 Å². The minimum atomic E-state index is -3.58. The molecule has 1 aromatic heterocycles. The third-order valence-corrected chi connectivity index (χ3v) is 8.16. The topological polar surface area (TPSA) is 101 Å². The van der Waals surface area contributed by atoms with Gasteiger partial charge in [-0.1, -0.05) is 42.1 Å². The molecule has 0 aliphatic carbocycles. The predicted octanol–water partition coefficient (Wildman–Crippen LogP) is 3.59. The van der Waals surface area contributed by atoms with Gasteiger partial charge in [0.1, 0.15) is 0 Å². The summed E-state index contributed by atoms with van der Waals surface area (Å²) in [7, 11) is -3.58. The minimum absolute atomic E-state index is 0.191. The fourth-order valence-electron chi connectivity index (χ4n) is 3.45. The maximum absolute atomic E-state index is 12.8. The van der Waals surface area contributed by atoms with Crippen molar-refractivity contribution in [3.8, 4) is 11.3 Å². The number of sulfonamides is 1. The van der Waals surface area contributed by atoms with Gasteiger partial charge in [0.15, 0.2) is 5.16 Å². The van der Waals surface area contributed by atoms with Crippen molar-refractivity contribution in [1.29, 1.82) is 0 Å².